The topological polar surface area (TPSA) is 6.48 Å². The van der Waals surface area contributed by atoms with Gasteiger partial charge < -0.3 is 9.80 Å². The van der Waals surface area contributed by atoms with Crippen LogP contribution in [0, 0.1) is 0 Å². The van der Waals surface area contributed by atoms with Crippen molar-refractivity contribution in [3.8, 4) is 0 Å². The van der Waals surface area contributed by atoms with Crippen molar-refractivity contribution in [3.05, 3.63) is 12.4 Å². The molecule has 190 valence electrons. The van der Waals surface area contributed by atoms with E-state index in [0.29, 0.717) is 6.17 Å². The first-order chi connectivity index (χ1) is 15.8. The highest BCUT2D eigenvalue weighted by molar-refractivity contribution is 4.97. The minimum atomic E-state index is 0.644. The summed E-state index contributed by atoms with van der Waals surface area (Å²) in [6.45, 7) is 9.45. The van der Waals surface area contributed by atoms with Crippen LogP contribution < -0.4 is 0 Å². The van der Waals surface area contributed by atoms with Gasteiger partial charge in [-0.1, -0.05) is 136 Å². The van der Waals surface area contributed by atoms with Crippen LogP contribution in [-0.4, -0.2) is 29.1 Å². The maximum absolute atomic E-state index is 2.69. The van der Waals surface area contributed by atoms with Gasteiger partial charge >= 0.3 is 0 Å². The van der Waals surface area contributed by atoms with Crippen molar-refractivity contribution in [2.75, 3.05) is 13.1 Å². The van der Waals surface area contributed by atoms with Gasteiger partial charge in [-0.3, -0.25) is 0 Å². The van der Waals surface area contributed by atoms with Gasteiger partial charge in [0.15, 0.2) is 0 Å². The molecule has 0 bridgehead atoms. The zero-order chi connectivity index (χ0) is 23.1. The first kappa shape index (κ1) is 29.4. The van der Waals surface area contributed by atoms with Crippen molar-refractivity contribution in [3.63, 3.8) is 0 Å². The summed E-state index contributed by atoms with van der Waals surface area (Å²) in [5.74, 6) is 0. The molecule has 0 saturated heterocycles. The van der Waals surface area contributed by atoms with Gasteiger partial charge in [0.05, 0.1) is 0 Å². The van der Waals surface area contributed by atoms with E-state index in [0.717, 1.165) is 0 Å². The molecular weight excluding hydrogens is 388 g/mol. The third-order valence-electron chi connectivity index (χ3n) is 7.32. The van der Waals surface area contributed by atoms with Crippen LogP contribution in [0.15, 0.2) is 12.4 Å². The lowest BCUT2D eigenvalue weighted by molar-refractivity contribution is 0.135. The first-order valence-electron chi connectivity index (χ1n) is 15.0. The molecular formula is C30H60N2. The number of unbranched alkanes of at least 4 members (excludes halogenated alkanes) is 18. The highest BCUT2D eigenvalue weighted by Gasteiger charge is 2.24. The lowest BCUT2D eigenvalue weighted by atomic mass is 10.1. The Morgan fingerprint density at radius 3 is 1.09 bits per heavy atom. The van der Waals surface area contributed by atoms with Gasteiger partial charge in [0.25, 0.3) is 0 Å². The van der Waals surface area contributed by atoms with E-state index in [9.17, 15) is 0 Å². The lowest BCUT2D eigenvalue weighted by Crippen LogP contribution is -2.39. The molecule has 0 spiro atoms. The van der Waals surface area contributed by atoms with Crippen LogP contribution >= 0.6 is 0 Å². The Hall–Kier alpha value is -0.660. The molecule has 0 aromatic carbocycles. The van der Waals surface area contributed by atoms with Crippen molar-refractivity contribution in [1.82, 2.24) is 9.80 Å². The van der Waals surface area contributed by atoms with Crippen molar-refractivity contribution >= 4 is 0 Å². The summed E-state index contributed by atoms with van der Waals surface area (Å²) in [6, 6.07) is 0. The van der Waals surface area contributed by atoms with E-state index in [2.05, 4.69) is 43.0 Å². The number of nitrogens with zero attached hydrogens (tertiary/aromatic N) is 2. The molecule has 0 saturated carbocycles. The molecule has 32 heavy (non-hydrogen) atoms. The molecule has 1 rings (SSSR count). The van der Waals surface area contributed by atoms with Crippen molar-refractivity contribution < 1.29 is 0 Å². The third kappa shape index (κ3) is 15.2. The molecule has 0 aliphatic carbocycles. The average molecular weight is 449 g/mol. The fourth-order valence-corrected chi connectivity index (χ4v) is 5.13. The lowest BCUT2D eigenvalue weighted by Gasteiger charge is -2.33. The van der Waals surface area contributed by atoms with E-state index >= 15 is 0 Å². The maximum atomic E-state index is 2.69. The minimum absolute atomic E-state index is 0.644. The molecule has 0 aromatic heterocycles. The van der Waals surface area contributed by atoms with Crippen LogP contribution in [0.2, 0.25) is 0 Å². The Kier molecular flexibility index (Phi) is 20.3. The van der Waals surface area contributed by atoms with Crippen LogP contribution in [0.3, 0.4) is 0 Å². The van der Waals surface area contributed by atoms with E-state index in [1.807, 2.05) is 0 Å². The molecule has 0 aromatic rings. The molecule has 2 heteroatoms. The van der Waals surface area contributed by atoms with Crippen molar-refractivity contribution in [1.29, 1.82) is 0 Å². The fraction of sp³-hybridized carbons (Fsp3) is 0.933. The van der Waals surface area contributed by atoms with E-state index in [-0.39, 0.29) is 0 Å². The van der Waals surface area contributed by atoms with Gasteiger partial charge in [-0.2, -0.15) is 0 Å². The Bertz CT molecular complexity index is 406. The summed E-state index contributed by atoms with van der Waals surface area (Å²) in [7, 11) is 0. The predicted octanol–water partition coefficient (Wildman–Crippen LogP) is 10.0. The molecule has 1 unspecified atom stereocenters. The van der Waals surface area contributed by atoms with E-state index in [4.69, 9.17) is 0 Å². The summed E-state index contributed by atoms with van der Waals surface area (Å²) in [4.78, 5) is 5.37. The highest BCUT2D eigenvalue weighted by Crippen LogP contribution is 2.24. The zero-order valence-corrected chi connectivity index (χ0v) is 22.6. The number of hydrogen-bond donors (Lipinski definition) is 0. The van der Waals surface area contributed by atoms with Crippen LogP contribution in [0.1, 0.15) is 162 Å². The minimum Gasteiger partial charge on any atom is -0.356 e. The molecule has 1 aliphatic heterocycles. The van der Waals surface area contributed by atoms with E-state index in [1.165, 1.54) is 154 Å². The normalized spacial score (nSPS) is 15.9. The average Bonchev–Trinajstić information content (AvgIpc) is 3.18. The van der Waals surface area contributed by atoms with Crippen LogP contribution in [-0.2, 0) is 0 Å². The predicted molar refractivity (Wildman–Crippen MR) is 145 cm³/mol. The van der Waals surface area contributed by atoms with Crippen LogP contribution in [0.4, 0.5) is 0 Å². The van der Waals surface area contributed by atoms with Crippen LogP contribution in [0.5, 0.6) is 0 Å². The summed E-state index contributed by atoms with van der Waals surface area (Å²) in [6.07, 6.45) is 36.5. The quantitative estimate of drug-likeness (QED) is 0.135. The van der Waals surface area contributed by atoms with Gasteiger partial charge in [-0.25, -0.2) is 0 Å². The second-order valence-corrected chi connectivity index (χ2v) is 10.4. The zero-order valence-electron chi connectivity index (χ0n) is 22.6. The highest BCUT2D eigenvalue weighted by atomic mass is 15.4. The Morgan fingerprint density at radius 1 is 0.406 bits per heavy atom. The Balaban J connectivity index is 2.28. The second kappa shape index (κ2) is 22.1. The van der Waals surface area contributed by atoms with Gasteiger partial charge in [0, 0.05) is 25.5 Å². The number of hydrogen-bond acceptors (Lipinski definition) is 2. The number of rotatable bonds is 24. The second-order valence-electron chi connectivity index (χ2n) is 10.4. The van der Waals surface area contributed by atoms with Gasteiger partial charge in [-0.15, -0.1) is 0 Å². The van der Waals surface area contributed by atoms with Crippen molar-refractivity contribution in [2.24, 2.45) is 0 Å². The molecule has 0 amide bonds. The van der Waals surface area contributed by atoms with Crippen LogP contribution in [0.25, 0.3) is 0 Å². The first-order valence-corrected chi connectivity index (χ1v) is 15.0. The largest absolute Gasteiger partial charge is 0.356 e. The monoisotopic (exact) mass is 448 g/mol. The van der Waals surface area contributed by atoms with Gasteiger partial charge in [0.2, 0.25) is 0 Å². The summed E-state index contributed by atoms with van der Waals surface area (Å²) < 4.78 is 0. The van der Waals surface area contributed by atoms with E-state index in [1.54, 1.807) is 0 Å². The molecule has 0 radical (unpaired) electrons. The van der Waals surface area contributed by atoms with Gasteiger partial charge in [0.1, 0.15) is 6.17 Å². The Morgan fingerprint density at radius 2 is 0.719 bits per heavy atom. The standard InChI is InChI=1S/C30H60N2/c1-4-7-10-13-16-18-21-24-27-32-29-28-31(26-23-20-15-12-9-6-3)30(32)25-22-19-17-14-11-8-5-2/h28-30H,4-27H2,1-3H3. The van der Waals surface area contributed by atoms with E-state index < -0.39 is 0 Å². The summed E-state index contributed by atoms with van der Waals surface area (Å²) in [5, 5.41) is 0. The summed E-state index contributed by atoms with van der Waals surface area (Å²) >= 11 is 0. The van der Waals surface area contributed by atoms with Gasteiger partial charge in [-0.05, 0) is 25.7 Å². The molecule has 0 fully saturated rings. The smallest absolute Gasteiger partial charge is 0.101 e. The third-order valence-corrected chi connectivity index (χ3v) is 7.32. The summed E-state index contributed by atoms with van der Waals surface area (Å²) in [5.41, 5.74) is 0. The fourth-order valence-electron chi connectivity index (χ4n) is 5.13. The SMILES string of the molecule is CCCCCCCCCCN1C=CN(CCCCCCCC)C1CCCCCCCCC. The molecule has 1 heterocycles. The molecule has 1 aliphatic rings. The van der Waals surface area contributed by atoms with Crippen molar-refractivity contribution in [2.45, 2.75) is 168 Å². The Labute approximate surface area is 203 Å². The maximum Gasteiger partial charge on any atom is 0.101 e. The molecule has 0 N–H and O–H groups in total. The molecule has 1 atom stereocenters. The molecule has 2 nitrogen and oxygen atoms in total.